The van der Waals surface area contributed by atoms with Crippen molar-refractivity contribution in [3.63, 3.8) is 0 Å². The summed E-state index contributed by atoms with van der Waals surface area (Å²) < 4.78 is 0. The molecule has 0 amide bonds. The molecule has 0 heterocycles. The third-order valence-corrected chi connectivity index (χ3v) is 4.89. The molecular weight excluding hydrogens is 324 g/mol. The lowest BCUT2D eigenvalue weighted by Crippen LogP contribution is -2.50. The average molecular weight is 346 g/mol. The molecule has 0 radical (unpaired) electrons. The molecule has 0 aliphatic heterocycles. The zero-order chi connectivity index (χ0) is 18.4. The predicted octanol–water partition coefficient (Wildman–Crippen LogP) is 0.0966. The summed E-state index contributed by atoms with van der Waals surface area (Å²) in [5, 5.41) is 18.6. The van der Waals surface area contributed by atoms with Crippen LogP contribution in [0.3, 0.4) is 0 Å². The molecule has 1 saturated carbocycles. The monoisotopic (exact) mass is 346 g/mol. The van der Waals surface area contributed by atoms with Gasteiger partial charge in [-0.15, -0.1) is 0 Å². The van der Waals surface area contributed by atoms with E-state index in [0.717, 1.165) is 0 Å². The van der Waals surface area contributed by atoms with Crippen LogP contribution < -0.4 is 11.8 Å². The van der Waals surface area contributed by atoms with E-state index in [1.807, 2.05) is 0 Å². The zero-order valence-electron chi connectivity index (χ0n) is 13.2. The van der Waals surface area contributed by atoms with Crippen molar-refractivity contribution in [3.05, 3.63) is 0 Å². The predicted molar refractivity (Wildman–Crippen MR) is 77.6 cm³/mol. The highest BCUT2D eigenvalue weighted by molar-refractivity contribution is 5.77. The van der Waals surface area contributed by atoms with Gasteiger partial charge in [-0.3, -0.25) is 19.2 Å². The quantitative estimate of drug-likeness (QED) is 0.440. The molecule has 1 aliphatic carbocycles. The highest BCUT2D eigenvalue weighted by atomic mass is 16.7. The molecule has 136 valence electrons. The van der Waals surface area contributed by atoms with Crippen molar-refractivity contribution in [3.8, 4) is 0 Å². The van der Waals surface area contributed by atoms with Crippen LogP contribution in [0, 0.1) is 10.8 Å². The van der Waals surface area contributed by atoms with E-state index < -0.39 is 60.4 Å². The first kappa shape index (κ1) is 19.8. The third kappa shape index (κ3) is 4.42. The van der Waals surface area contributed by atoms with Crippen molar-refractivity contribution >= 4 is 23.9 Å². The molecule has 10 nitrogen and oxygen atoms in total. The van der Waals surface area contributed by atoms with Gasteiger partial charge in [0.05, 0.1) is 25.7 Å². The third-order valence-electron chi connectivity index (χ3n) is 4.89. The fourth-order valence-electron chi connectivity index (χ4n) is 3.90. The van der Waals surface area contributed by atoms with Crippen molar-refractivity contribution in [1.82, 2.24) is 0 Å². The van der Waals surface area contributed by atoms with E-state index in [4.69, 9.17) is 11.8 Å². The number of nitrogens with two attached hydrogens (primary N) is 2. The summed E-state index contributed by atoms with van der Waals surface area (Å²) in [5.41, 5.74) is -2.58. The highest BCUT2D eigenvalue weighted by Gasteiger charge is 2.56. The van der Waals surface area contributed by atoms with Crippen molar-refractivity contribution < 1.29 is 39.1 Å². The fraction of sp³-hybridized carbons (Fsp3) is 0.714. The second kappa shape index (κ2) is 8.06. The Kier molecular flexibility index (Phi) is 6.67. The lowest BCUT2D eigenvalue weighted by Gasteiger charge is -2.52. The Morgan fingerprint density at radius 2 is 1.08 bits per heavy atom. The van der Waals surface area contributed by atoms with Crippen LogP contribution in [0.1, 0.15) is 51.4 Å². The van der Waals surface area contributed by atoms with Gasteiger partial charge in [-0.25, -0.2) is 0 Å². The van der Waals surface area contributed by atoms with Gasteiger partial charge in [0.15, 0.2) is 0 Å². The summed E-state index contributed by atoms with van der Waals surface area (Å²) in [6.45, 7) is 0. The van der Waals surface area contributed by atoms with Crippen molar-refractivity contribution in [2.24, 2.45) is 22.6 Å². The minimum Gasteiger partial charge on any atom is -0.481 e. The molecule has 10 heteroatoms. The molecule has 2 unspecified atom stereocenters. The zero-order valence-corrected chi connectivity index (χ0v) is 13.2. The molecule has 0 aromatic heterocycles. The minimum atomic E-state index is -1.29. The maximum atomic E-state index is 11.8. The van der Waals surface area contributed by atoms with Crippen LogP contribution in [0.2, 0.25) is 0 Å². The first-order chi connectivity index (χ1) is 11.2. The van der Waals surface area contributed by atoms with E-state index in [0.29, 0.717) is 12.8 Å². The summed E-state index contributed by atoms with van der Waals surface area (Å²) >= 11 is 0. The number of carboxylic acid groups (broad SMARTS) is 2. The molecule has 1 aliphatic rings. The van der Waals surface area contributed by atoms with Crippen LogP contribution in [0.4, 0.5) is 0 Å². The summed E-state index contributed by atoms with van der Waals surface area (Å²) in [5.74, 6) is 5.59. The van der Waals surface area contributed by atoms with Gasteiger partial charge in [0.1, 0.15) is 0 Å². The minimum absolute atomic E-state index is 0.250. The number of hydrogen-bond donors (Lipinski definition) is 4. The van der Waals surface area contributed by atoms with Crippen LogP contribution in [0.25, 0.3) is 0 Å². The largest absolute Gasteiger partial charge is 0.481 e. The summed E-state index contributed by atoms with van der Waals surface area (Å²) in [6.07, 6.45) is -0.115. The van der Waals surface area contributed by atoms with Gasteiger partial charge in [-0.1, -0.05) is 12.8 Å². The molecule has 1 rings (SSSR count). The highest BCUT2D eigenvalue weighted by Crippen LogP contribution is 2.59. The van der Waals surface area contributed by atoms with Crippen LogP contribution >= 0.6 is 0 Å². The molecule has 6 N–H and O–H groups in total. The Morgan fingerprint density at radius 3 is 1.33 bits per heavy atom. The maximum absolute atomic E-state index is 11.8. The molecule has 24 heavy (non-hydrogen) atoms. The number of hydrogen-bond acceptors (Lipinski definition) is 8. The second-order valence-electron chi connectivity index (χ2n) is 6.24. The van der Waals surface area contributed by atoms with Crippen molar-refractivity contribution in [1.29, 1.82) is 0 Å². The lowest BCUT2D eigenvalue weighted by atomic mass is 9.50. The van der Waals surface area contributed by atoms with Gasteiger partial charge < -0.3 is 19.9 Å². The van der Waals surface area contributed by atoms with Crippen molar-refractivity contribution in [2.45, 2.75) is 51.4 Å². The number of carbonyl (C=O) groups excluding carboxylic acids is 2. The molecule has 0 spiro atoms. The fourth-order valence-corrected chi connectivity index (χ4v) is 3.90. The smallest absolute Gasteiger partial charge is 0.325 e. The summed E-state index contributed by atoms with van der Waals surface area (Å²) in [4.78, 5) is 54.7. The van der Waals surface area contributed by atoms with Gasteiger partial charge in [0, 0.05) is 0 Å². The molecule has 0 bridgehead atoms. The van der Waals surface area contributed by atoms with E-state index in [1.54, 1.807) is 0 Å². The van der Waals surface area contributed by atoms with E-state index in [9.17, 15) is 29.4 Å². The Labute approximate surface area is 138 Å². The molecule has 0 aromatic carbocycles. The molecule has 0 aromatic rings. The Bertz CT molecular complexity index is 477. The molecular formula is C14H22N2O8. The number of carboxylic acids is 2. The SMILES string of the molecule is NOC(=O)CC1(CC(=O)O)CCCCC1(CC(=O)O)CC(=O)ON. The van der Waals surface area contributed by atoms with E-state index >= 15 is 0 Å². The van der Waals surface area contributed by atoms with Crippen LogP contribution in [0.15, 0.2) is 0 Å². The average Bonchev–Trinajstić information content (AvgIpc) is 2.48. The Balaban J connectivity index is 3.41. The number of carbonyl (C=O) groups is 4. The van der Waals surface area contributed by atoms with E-state index in [-0.39, 0.29) is 12.8 Å². The topological polar surface area (TPSA) is 179 Å². The van der Waals surface area contributed by atoms with E-state index in [1.165, 1.54) is 0 Å². The molecule has 2 atom stereocenters. The lowest BCUT2D eigenvalue weighted by molar-refractivity contribution is -0.170. The normalized spacial score (nSPS) is 26.4. The van der Waals surface area contributed by atoms with E-state index in [2.05, 4.69) is 9.68 Å². The number of aliphatic carboxylic acids is 2. The van der Waals surface area contributed by atoms with Gasteiger partial charge in [-0.2, -0.15) is 11.8 Å². The maximum Gasteiger partial charge on any atom is 0.325 e. The molecule has 1 fully saturated rings. The number of rotatable bonds is 8. The first-order valence-corrected chi connectivity index (χ1v) is 7.43. The van der Waals surface area contributed by atoms with Crippen molar-refractivity contribution in [2.75, 3.05) is 0 Å². The standard InChI is InChI=1S/C14H22N2O8/c15-23-11(21)7-13(5-9(17)18)3-1-2-4-14(13,6-10(19)20)8-12(22)24-16/h1-8,15-16H2,(H,17,18)(H,19,20). The Hall–Kier alpha value is -2.20. The summed E-state index contributed by atoms with van der Waals surface area (Å²) in [6, 6.07) is 0. The Morgan fingerprint density at radius 1 is 0.750 bits per heavy atom. The van der Waals surface area contributed by atoms with Gasteiger partial charge >= 0.3 is 23.9 Å². The van der Waals surface area contributed by atoms with Crippen LogP contribution in [0.5, 0.6) is 0 Å². The van der Waals surface area contributed by atoms with Gasteiger partial charge in [0.2, 0.25) is 0 Å². The summed E-state index contributed by atoms with van der Waals surface area (Å²) in [7, 11) is 0. The van der Waals surface area contributed by atoms with Gasteiger partial charge in [0.25, 0.3) is 0 Å². The second-order valence-corrected chi connectivity index (χ2v) is 6.24. The van der Waals surface area contributed by atoms with Crippen LogP contribution in [-0.4, -0.2) is 34.1 Å². The van der Waals surface area contributed by atoms with Gasteiger partial charge in [-0.05, 0) is 23.7 Å². The van der Waals surface area contributed by atoms with Crippen LogP contribution in [-0.2, 0) is 28.9 Å². The first-order valence-electron chi connectivity index (χ1n) is 7.43. The molecule has 0 saturated heterocycles.